The number of carbonyl (C=O) groups excluding carboxylic acids is 2. The Bertz CT molecular complexity index is 1210. The van der Waals surface area contributed by atoms with Crippen molar-refractivity contribution in [1.29, 1.82) is 0 Å². The molecule has 0 fully saturated rings. The van der Waals surface area contributed by atoms with E-state index in [4.69, 9.17) is 0 Å². The van der Waals surface area contributed by atoms with Crippen LogP contribution in [-0.2, 0) is 6.42 Å². The highest BCUT2D eigenvalue weighted by atomic mass is 32.1. The maximum Gasteiger partial charge on any atom is 0.266 e. The molecule has 144 valence electrons. The number of benzene rings is 3. The zero-order valence-electron chi connectivity index (χ0n) is 16.4. The second-order valence-electron chi connectivity index (χ2n) is 7.16. The molecule has 0 spiro atoms. The molecule has 0 saturated carbocycles. The first-order valence-electron chi connectivity index (χ1n) is 9.49. The Morgan fingerprint density at radius 2 is 1.69 bits per heavy atom. The Labute approximate surface area is 174 Å². The molecule has 0 saturated heterocycles. The lowest BCUT2D eigenvalue weighted by Crippen LogP contribution is -2.12. The number of aryl methyl sites for hydroxylation is 1. The number of anilines is 1. The van der Waals surface area contributed by atoms with Crippen LogP contribution in [0.15, 0.2) is 72.8 Å². The molecule has 0 bridgehead atoms. The van der Waals surface area contributed by atoms with Crippen LogP contribution in [0, 0.1) is 6.92 Å². The largest absolute Gasteiger partial charge is 0.321 e. The summed E-state index contributed by atoms with van der Waals surface area (Å²) in [7, 11) is 0. The molecule has 1 heterocycles. The predicted octanol–water partition coefficient (Wildman–Crippen LogP) is 6.26. The van der Waals surface area contributed by atoms with Gasteiger partial charge in [0.15, 0.2) is 5.78 Å². The van der Waals surface area contributed by atoms with E-state index in [0.717, 1.165) is 15.6 Å². The first kappa shape index (κ1) is 19.1. The molecule has 1 aromatic heterocycles. The van der Waals surface area contributed by atoms with E-state index in [1.165, 1.54) is 29.4 Å². The Morgan fingerprint density at radius 3 is 2.45 bits per heavy atom. The van der Waals surface area contributed by atoms with E-state index in [1.54, 1.807) is 24.3 Å². The van der Waals surface area contributed by atoms with Crippen LogP contribution in [0.1, 0.15) is 43.6 Å². The third-order valence-electron chi connectivity index (χ3n) is 4.93. The Hall–Kier alpha value is -3.24. The second-order valence-corrected chi connectivity index (χ2v) is 8.21. The molecule has 0 aliphatic heterocycles. The molecule has 3 aromatic carbocycles. The number of rotatable bonds is 5. The summed E-state index contributed by atoms with van der Waals surface area (Å²) < 4.78 is 1.09. The topological polar surface area (TPSA) is 46.2 Å². The van der Waals surface area contributed by atoms with Gasteiger partial charge in [-0.1, -0.05) is 60.2 Å². The van der Waals surface area contributed by atoms with Crippen molar-refractivity contribution in [3.8, 4) is 0 Å². The van der Waals surface area contributed by atoms with Gasteiger partial charge < -0.3 is 5.32 Å². The van der Waals surface area contributed by atoms with Gasteiger partial charge in [0.2, 0.25) is 0 Å². The summed E-state index contributed by atoms with van der Waals surface area (Å²) in [5, 5.41) is 4.08. The Balaban J connectivity index is 1.70. The van der Waals surface area contributed by atoms with E-state index in [9.17, 15) is 9.59 Å². The van der Waals surface area contributed by atoms with Gasteiger partial charge in [0, 0.05) is 16.0 Å². The fraction of sp³-hybridized carbons (Fsp3) is 0.120. The van der Waals surface area contributed by atoms with Crippen LogP contribution in [0.5, 0.6) is 0 Å². The van der Waals surface area contributed by atoms with Gasteiger partial charge in [-0.15, -0.1) is 11.3 Å². The first-order chi connectivity index (χ1) is 14.0. The van der Waals surface area contributed by atoms with Gasteiger partial charge in [-0.25, -0.2) is 0 Å². The smallest absolute Gasteiger partial charge is 0.266 e. The fourth-order valence-corrected chi connectivity index (χ4v) is 4.49. The van der Waals surface area contributed by atoms with Crippen molar-refractivity contribution >= 4 is 38.8 Å². The minimum absolute atomic E-state index is 0.0250. The van der Waals surface area contributed by atoms with Crippen LogP contribution in [0.3, 0.4) is 0 Å². The number of nitrogens with one attached hydrogen (secondary N) is 1. The predicted molar refractivity (Wildman–Crippen MR) is 120 cm³/mol. The lowest BCUT2D eigenvalue weighted by molar-refractivity contribution is 0.101. The van der Waals surface area contributed by atoms with Crippen molar-refractivity contribution in [2.24, 2.45) is 0 Å². The molecule has 4 heteroatoms. The van der Waals surface area contributed by atoms with Gasteiger partial charge in [0.05, 0.1) is 4.88 Å². The summed E-state index contributed by atoms with van der Waals surface area (Å²) in [4.78, 5) is 25.5. The highest BCUT2D eigenvalue weighted by Gasteiger charge is 2.19. The van der Waals surface area contributed by atoms with Crippen molar-refractivity contribution in [1.82, 2.24) is 0 Å². The van der Waals surface area contributed by atoms with Crippen molar-refractivity contribution in [3.63, 3.8) is 0 Å². The number of carbonyl (C=O) groups is 2. The van der Waals surface area contributed by atoms with Crippen LogP contribution in [0.2, 0.25) is 0 Å². The van der Waals surface area contributed by atoms with E-state index >= 15 is 0 Å². The third kappa shape index (κ3) is 4.13. The number of thiophene rings is 1. The van der Waals surface area contributed by atoms with Crippen LogP contribution in [0.25, 0.3) is 10.1 Å². The zero-order chi connectivity index (χ0) is 20.4. The number of fused-ring (bicyclic) bond motifs is 1. The number of hydrogen-bond donors (Lipinski definition) is 1. The average Bonchev–Trinajstić information content (AvgIpc) is 3.08. The summed E-state index contributed by atoms with van der Waals surface area (Å²) >= 11 is 1.51. The molecule has 0 atom stereocenters. The van der Waals surface area contributed by atoms with Crippen LogP contribution >= 0.6 is 11.3 Å². The number of amides is 1. The van der Waals surface area contributed by atoms with Crippen LogP contribution < -0.4 is 5.32 Å². The quantitative estimate of drug-likeness (QED) is 0.403. The summed E-state index contributed by atoms with van der Waals surface area (Å²) in [6.45, 7) is 3.59. The van der Waals surface area contributed by atoms with Gasteiger partial charge in [0.1, 0.15) is 0 Å². The van der Waals surface area contributed by atoms with E-state index < -0.39 is 0 Å². The molecule has 4 rings (SSSR count). The molecule has 0 aliphatic rings. The molecule has 3 nitrogen and oxygen atoms in total. The van der Waals surface area contributed by atoms with Gasteiger partial charge >= 0.3 is 0 Å². The van der Waals surface area contributed by atoms with Gasteiger partial charge in [0.25, 0.3) is 5.91 Å². The zero-order valence-corrected chi connectivity index (χ0v) is 17.2. The van der Waals surface area contributed by atoms with Crippen LogP contribution in [0.4, 0.5) is 5.69 Å². The summed E-state index contributed by atoms with van der Waals surface area (Å²) in [6.07, 6.45) is 0.695. The molecular weight excluding hydrogens is 378 g/mol. The molecule has 0 radical (unpaired) electrons. The highest BCUT2D eigenvalue weighted by Crippen LogP contribution is 2.33. The Kier molecular flexibility index (Phi) is 5.28. The standard InChI is InChI=1S/C25H21NO2S/c1-16-10-12-18(13-11-16)14-22-21-8-3-4-9-23(21)29-24(22)25(28)26-20-7-5-6-19(15-20)17(2)27/h3-13,15H,14H2,1-2H3,(H,26,28). The summed E-state index contributed by atoms with van der Waals surface area (Å²) in [6, 6.07) is 23.6. The molecule has 4 aromatic rings. The number of Topliss-reactive ketones (excluding diaryl/α,β-unsaturated/α-hetero) is 1. The van der Waals surface area contributed by atoms with Crippen molar-refractivity contribution < 1.29 is 9.59 Å². The van der Waals surface area contributed by atoms with E-state index in [1.807, 2.05) is 18.2 Å². The lowest BCUT2D eigenvalue weighted by atomic mass is 10.0. The van der Waals surface area contributed by atoms with Gasteiger partial charge in [-0.2, -0.15) is 0 Å². The fourth-order valence-electron chi connectivity index (χ4n) is 3.37. The van der Waals surface area contributed by atoms with Gasteiger partial charge in [-0.05, 0) is 55.0 Å². The normalized spacial score (nSPS) is 10.8. The van der Waals surface area contributed by atoms with Crippen molar-refractivity contribution in [2.45, 2.75) is 20.3 Å². The third-order valence-corrected chi connectivity index (χ3v) is 6.14. The summed E-state index contributed by atoms with van der Waals surface area (Å²) in [5.41, 5.74) is 4.63. The number of hydrogen-bond acceptors (Lipinski definition) is 3. The monoisotopic (exact) mass is 399 g/mol. The maximum absolute atomic E-state index is 13.1. The van der Waals surface area contributed by atoms with Gasteiger partial charge in [-0.3, -0.25) is 9.59 Å². The van der Waals surface area contributed by atoms with E-state index in [0.29, 0.717) is 22.5 Å². The summed E-state index contributed by atoms with van der Waals surface area (Å²) in [5.74, 6) is -0.169. The van der Waals surface area contributed by atoms with Crippen molar-refractivity contribution in [3.05, 3.63) is 99.9 Å². The highest BCUT2D eigenvalue weighted by molar-refractivity contribution is 7.21. The SMILES string of the molecule is CC(=O)c1cccc(NC(=O)c2sc3ccccc3c2Cc2ccc(C)cc2)c1. The van der Waals surface area contributed by atoms with Crippen LogP contribution in [-0.4, -0.2) is 11.7 Å². The minimum atomic E-state index is -0.144. The molecule has 1 N–H and O–H groups in total. The molecule has 29 heavy (non-hydrogen) atoms. The molecular formula is C25H21NO2S. The number of ketones is 1. The Morgan fingerprint density at radius 1 is 0.931 bits per heavy atom. The molecule has 1 amide bonds. The maximum atomic E-state index is 13.1. The molecule has 0 aliphatic carbocycles. The van der Waals surface area contributed by atoms with E-state index in [-0.39, 0.29) is 11.7 Å². The average molecular weight is 400 g/mol. The lowest BCUT2D eigenvalue weighted by Gasteiger charge is -2.08. The minimum Gasteiger partial charge on any atom is -0.321 e. The van der Waals surface area contributed by atoms with Crippen molar-refractivity contribution in [2.75, 3.05) is 5.32 Å². The second kappa shape index (κ2) is 8.02. The van der Waals surface area contributed by atoms with E-state index in [2.05, 4.69) is 42.6 Å². The molecule has 0 unspecified atom stereocenters. The first-order valence-corrected chi connectivity index (χ1v) is 10.3.